The minimum atomic E-state index is -2.15. The lowest BCUT2D eigenvalue weighted by molar-refractivity contribution is -0.336. The summed E-state index contributed by atoms with van der Waals surface area (Å²) in [4.78, 5) is 11.6. The zero-order chi connectivity index (χ0) is 25.7. The zero-order valence-corrected chi connectivity index (χ0v) is 17.7. The highest BCUT2D eigenvalue weighted by atomic mass is 16.7. The number of aldehydes is 1. The second-order valence-electron chi connectivity index (χ2n) is 7.97. The van der Waals surface area contributed by atoms with E-state index in [2.05, 4.69) is 0 Å². The summed E-state index contributed by atoms with van der Waals surface area (Å²) in [5.74, 6) is 0. The first-order chi connectivity index (χ1) is 16.0. The van der Waals surface area contributed by atoms with Crippen molar-refractivity contribution in [1.82, 2.24) is 0 Å². The standard InChI is InChI=1S/C18H32O16/c19-1-5(23)16(34-18-15(30)13(28)10(25)7(3-21)32-18)11(26)8(4-22)33-17-14(29)12(27)9(24)6(2-20)31-17/h4-21,23-30H,1-3H2/t5-,6-,7-,8+,9-,10-,11-,12+,13+,14+,15+,16-,17+,18+/m1/s1. The van der Waals surface area contributed by atoms with E-state index in [0.29, 0.717) is 0 Å². The van der Waals surface area contributed by atoms with E-state index in [0.717, 1.165) is 0 Å². The third-order valence-corrected chi connectivity index (χ3v) is 5.65. The van der Waals surface area contributed by atoms with Gasteiger partial charge in [-0.05, 0) is 0 Å². The number of aliphatic hydroxyl groups excluding tert-OH is 11. The third kappa shape index (κ3) is 6.25. The van der Waals surface area contributed by atoms with Gasteiger partial charge in [-0.15, -0.1) is 0 Å². The summed E-state index contributed by atoms with van der Waals surface area (Å²) in [6, 6.07) is 0. The Morgan fingerprint density at radius 1 is 0.706 bits per heavy atom. The molecule has 16 heteroatoms. The van der Waals surface area contributed by atoms with Gasteiger partial charge in [0.25, 0.3) is 0 Å². The van der Waals surface area contributed by atoms with Crippen LogP contribution in [0.25, 0.3) is 0 Å². The molecular formula is C18H32O16. The summed E-state index contributed by atoms with van der Waals surface area (Å²) in [5.41, 5.74) is 0. The number of ether oxygens (including phenoxy) is 4. The van der Waals surface area contributed by atoms with E-state index < -0.39 is 106 Å². The molecule has 0 amide bonds. The van der Waals surface area contributed by atoms with Crippen molar-refractivity contribution in [2.45, 2.75) is 85.8 Å². The van der Waals surface area contributed by atoms with Crippen molar-refractivity contribution >= 4 is 6.29 Å². The van der Waals surface area contributed by atoms with Gasteiger partial charge in [-0.25, -0.2) is 0 Å². The first kappa shape index (κ1) is 29.3. The quantitative estimate of drug-likeness (QED) is 0.117. The van der Waals surface area contributed by atoms with Crippen LogP contribution in [0.1, 0.15) is 0 Å². The van der Waals surface area contributed by atoms with Crippen molar-refractivity contribution in [3.63, 3.8) is 0 Å². The molecule has 16 nitrogen and oxygen atoms in total. The van der Waals surface area contributed by atoms with Crippen molar-refractivity contribution in [3.05, 3.63) is 0 Å². The van der Waals surface area contributed by atoms with Gasteiger partial charge < -0.3 is 79.9 Å². The summed E-state index contributed by atoms with van der Waals surface area (Å²) < 4.78 is 20.6. The van der Waals surface area contributed by atoms with Crippen molar-refractivity contribution in [2.24, 2.45) is 0 Å². The van der Waals surface area contributed by atoms with Crippen LogP contribution in [0.4, 0.5) is 0 Å². The summed E-state index contributed by atoms with van der Waals surface area (Å²) in [6.45, 7) is -2.65. The molecule has 2 rings (SSSR count). The lowest BCUT2D eigenvalue weighted by Gasteiger charge is -2.43. The normalized spacial score (nSPS) is 42.6. The zero-order valence-electron chi connectivity index (χ0n) is 17.7. The monoisotopic (exact) mass is 504 g/mol. The summed E-state index contributed by atoms with van der Waals surface area (Å²) in [6.07, 6.45) is -25.6. The SMILES string of the molecule is O=C[C@H](O[C@@H]1O[C@H](CO)[C@@H](O)[C@H](O)[C@@H]1O)[C@@H](O)[C@H](O[C@@H]1O[C@H](CO)[C@@H](O)[C@H](O)[C@@H]1O)[C@H](O)CO. The molecule has 200 valence electrons. The molecule has 0 aromatic rings. The van der Waals surface area contributed by atoms with Crippen LogP contribution in [0.5, 0.6) is 0 Å². The van der Waals surface area contributed by atoms with Crippen LogP contribution in [-0.2, 0) is 23.7 Å². The fourth-order valence-electron chi connectivity index (χ4n) is 3.55. The Bertz CT molecular complexity index is 621. The van der Waals surface area contributed by atoms with Gasteiger partial charge in [-0.1, -0.05) is 0 Å². The minimum Gasteiger partial charge on any atom is -0.394 e. The number of carbonyl (C=O) groups is 1. The van der Waals surface area contributed by atoms with Crippen LogP contribution in [0.15, 0.2) is 0 Å². The minimum absolute atomic E-state index is 0.000146. The highest BCUT2D eigenvalue weighted by molar-refractivity contribution is 5.57. The molecular weight excluding hydrogens is 472 g/mol. The summed E-state index contributed by atoms with van der Waals surface area (Å²) in [7, 11) is 0. The van der Waals surface area contributed by atoms with E-state index in [-0.39, 0.29) is 6.29 Å². The Morgan fingerprint density at radius 2 is 1.15 bits per heavy atom. The molecule has 11 N–H and O–H groups in total. The molecule has 0 aromatic carbocycles. The van der Waals surface area contributed by atoms with Crippen LogP contribution in [0.3, 0.4) is 0 Å². The second-order valence-corrected chi connectivity index (χ2v) is 7.97. The first-order valence-electron chi connectivity index (χ1n) is 10.4. The molecule has 2 heterocycles. The molecule has 0 saturated carbocycles. The Morgan fingerprint density at radius 3 is 1.53 bits per heavy atom. The van der Waals surface area contributed by atoms with Crippen LogP contribution in [-0.4, -0.2) is 168 Å². The maximum absolute atomic E-state index is 11.6. The van der Waals surface area contributed by atoms with Gasteiger partial charge in [-0.3, -0.25) is 0 Å². The summed E-state index contributed by atoms with van der Waals surface area (Å²) in [5, 5.41) is 108. The van der Waals surface area contributed by atoms with Crippen LogP contribution in [0.2, 0.25) is 0 Å². The van der Waals surface area contributed by atoms with E-state index in [4.69, 9.17) is 18.9 Å². The average Bonchev–Trinajstić information content (AvgIpc) is 2.84. The molecule has 0 bridgehead atoms. The van der Waals surface area contributed by atoms with Crippen molar-refractivity contribution in [3.8, 4) is 0 Å². The maximum atomic E-state index is 11.6. The van der Waals surface area contributed by atoms with Crippen molar-refractivity contribution in [1.29, 1.82) is 0 Å². The number of hydrogen-bond donors (Lipinski definition) is 11. The topological polar surface area (TPSA) is 277 Å². The van der Waals surface area contributed by atoms with Gasteiger partial charge in [0.2, 0.25) is 0 Å². The van der Waals surface area contributed by atoms with Crippen LogP contribution in [0, 0.1) is 0 Å². The van der Waals surface area contributed by atoms with E-state index in [1.165, 1.54) is 0 Å². The Kier molecular flexibility index (Phi) is 11.1. The highest BCUT2D eigenvalue weighted by Gasteiger charge is 2.49. The lowest BCUT2D eigenvalue weighted by Crippen LogP contribution is -2.62. The van der Waals surface area contributed by atoms with E-state index >= 15 is 0 Å². The van der Waals surface area contributed by atoms with Crippen molar-refractivity contribution < 1.29 is 79.9 Å². The molecule has 2 aliphatic rings. The van der Waals surface area contributed by atoms with Gasteiger partial charge in [0.15, 0.2) is 18.9 Å². The van der Waals surface area contributed by atoms with Crippen LogP contribution < -0.4 is 0 Å². The highest BCUT2D eigenvalue weighted by Crippen LogP contribution is 2.27. The molecule has 0 aliphatic carbocycles. The molecule has 34 heavy (non-hydrogen) atoms. The Hall–Kier alpha value is -0.930. The Balaban J connectivity index is 2.19. The summed E-state index contributed by atoms with van der Waals surface area (Å²) >= 11 is 0. The van der Waals surface area contributed by atoms with Gasteiger partial charge >= 0.3 is 0 Å². The molecule has 2 fully saturated rings. The lowest BCUT2D eigenvalue weighted by atomic mass is 9.98. The molecule has 0 unspecified atom stereocenters. The van der Waals surface area contributed by atoms with Gasteiger partial charge in [0.1, 0.15) is 73.2 Å². The van der Waals surface area contributed by atoms with Gasteiger partial charge in [0, 0.05) is 0 Å². The van der Waals surface area contributed by atoms with Crippen LogP contribution >= 0.6 is 0 Å². The maximum Gasteiger partial charge on any atom is 0.187 e. The number of hydrogen-bond acceptors (Lipinski definition) is 16. The number of carbonyl (C=O) groups excluding carboxylic acids is 1. The third-order valence-electron chi connectivity index (χ3n) is 5.65. The number of aliphatic hydroxyl groups is 11. The van der Waals surface area contributed by atoms with Crippen molar-refractivity contribution in [2.75, 3.05) is 19.8 Å². The molecule has 14 atom stereocenters. The second kappa shape index (κ2) is 12.9. The Labute approximate surface area is 192 Å². The number of rotatable bonds is 11. The van der Waals surface area contributed by atoms with E-state index in [1.807, 2.05) is 0 Å². The molecule has 2 aliphatic heterocycles. The fraction of sp³-hybridized carbons (Fsp3) is 0.944. The van der Waals surface area contributed by atoms with Gasteiger partial charge in [-0.2, -0.15) is 0 Å². The average molecular weight is 504 g/mol. The predicted octanol–water partition coefficient (Wildman–Crippen LogP) is -7.73. The fourth-order valence-corrected chi connectivity index (χ4v) is 3.55. The first-order valence-corrected chi connectivity index (χ1v) is 10.4. The smallest absolute Gasteiger partial charge is 0.187 e. The largest absolute Gasteiger partial charge is 0.394 e. The van der Waals surface area contributed by atoms with Gasteiger partial charge in [0.05, 0.1) is 19.8 Å². The van der Waals surface area contributed by atoms with E-state index in [1.54, 1.807) is 0 Å². The molecule has 0 aromatic heterocycles. The van der Waals surface area contributed by atoms with E-state index in [9.17, 15) is 61.0 Å². The molecule has 2 saturated heterocycles. The molecule has 0 radical (unpaired) electrons. The predicted molar refractivity (Wildman–Crippen MR) is 102 cm³/mol. The molecule has 0 spiro atoms.